The highest BCUT2D eigenvalue weighted by Crippen LogP contribution is 2.46. The van der Waals surface area contributed by atoms with Gasteiger partial charge in [0.1, 0.15) is 29.2 Å². The maximum absolute atomic E-state index is 14.7. The van der Waals surface area contributed by atoms with Crippen LogP contribution in [0.15, 0.2) is 0 Å². The SMILES string of the molecule is CC[C@H]1OC(=O)[C@H](C)[C@@H](O[C@H]2C[C@@](C)(OC)C(OC(=O)CCN(CC)CC)[C@H](C)O2)[C@H](C)[C@@H](O[C@@H]2O[C@H](C)C[C@H](NC)[C@H]2O)[C@](C)(OC)C[C@@H](C)C(=O)[C@H](C)[C@H]2CC(=O)O[C@@]21C. The lowest BCUT2D eigenvalue weighted by Crippen LogP contribution is -2.61. The molecular weight excluding hydrogens is 805 g/mol. The zero-order valence-corrected chi connectivity index (χ0v) is 40.2. The van der Waals surface area contributed by atoms with Gasteiger partial charge in [0.25, 0.3) is 0 Å². The smallest absolute Gasteiger partial charge is 0.311 e. The van der Waals surface area contributed by atoms with E-state index in [1.165, 1.54) is 0 Å². The van der Waals surface area contributed by atoms with E-state index in [1.807, 2.05) is 55.4 Å². The van der Waals surface area contributed by atoms with E-state index in [0.29, 0.717) is 19.4 Å². The molecule has 0 aromatic heterocycles. The van der Waals surface area contributed by atoms with Gasteiger partial charge < -0.3 is 58.0 Å². The van der Waals surface area contributed by atoms with E-state index in [2.05, 4.69) is 10.2 Å². The Kier molecular flexibility index (Phi) is 18.4. The maximum atomic E-state index is 14.7. The van der Waals surface area contributed by atoms with Crippen molar-refractivity contribution in [2.24, 2.45) is 29.6 Å². The first-order valence-corrected chi connectivity index (χ1v) is 23.0. The zero-order valence-electron chi connectivity index (χ0n) is 40.2. The van der Waals surface area contributed by atoms with E-state index in [9.17, 15) is 24.3 Å². The normalized spacial score (nSPS) is 43.7. The number of hydrogen-bond donors (Lipinski definition) is 2. The summed E-state index contributed by atoms with van der Waals surface area (Å²) in [4.78, 5) is 57.5. The van der Waals surface area contributed by atoms with Gasteiger partial charge in [-0.05, 0) is 80.9 Å². The molecule has 0 aromatic carbocycles. The second-order valence-electron chi connectivity index (χ2n) is 19.0. The summed E-state index contributed by atoms with van der Waals surface area (Å²) in [6, 6.07) is -0.339. The highest BCUT2D eigenvalue weighted by atomic mass is 16.7. The Morgan fingerprint density at radius 3 is 2.10 bits per heavy atom. The number of methoxy groups -OCH3 is 2. The highest BCUT2D eigenvalue weighted by molar-refractivity contribution is 5.85. The van der Waals surface area contributed by atoms with Crippen LogP contribution in [-0.4, -0.2) is 153 Å². The molecule has 4 aliphatic rings. The Bertz CT molecular complexity index is 1520. The number of hydrogen-bond acceptors (Lipinski definition) is 16. The van der Waals surface area contributed by atoms with Crippen LogP contribution in [0.3, 0.4) is 0 Å². The van der Waals surface area contributed by atoms with Gasteiger partial charge in [-0.2, -0.15) is 0 Å². The quantitative estimate of drug-likeness (QED) is 0.182. The van der Waals surface area contributed by atoms with Crippen LogP contribution in [0.25, 0.3) is 0 Å². The molecule has 4 rings (SSSR count). The molecule has 16 heteroatoms. The van der Waals surface area contributed by atoms with Crippen LogP contribution in [-0.2, 0) is 61.8 Å². The van der Waals surface area contributed by atoms with Crippen LogP contribution in [0.2, 0.25) is 0 Å². The summed E-state index contributed by atoms with van der Waals surface area (Å²) in [5, 5.41) is 14.8. The first kappa shape index (κ1) is 52.3. The summed E-state index contributed by atoms with van der Waals surface area (Å²) in [7, 11) is 4.87. The fraction of sp³-hybridized carbons (Fsp3) is 0.913. The number of esters is 3. The van der Waals surface area contributed by atoms with Crippen LogP contribution in [0.4, 0.5) is 0 Å². The molecule has 4 aliphatic heterocycles. The highest BCUT2D eigenvalue weighted by Gasteiger charge is 2.58. The summed E-state index contributed by atoms with van der Waals surface area (Å²) in [5.41, 5.74) is -3.55. The van der Waals surface area contributed by atoms with Gasteiger partial charge in [0, 0.05) is 56.9 Å². The largest absolute Gasteiger partial charge is 0.458 e. The number of likely N-dealkylation sites (N-methyl/N-ethyl adjacent to an activating group) is 1. The monoisotopic (exact) mass is 885 g/mol. The average Bonchev–Trinajstić information content (AvgIpc) is 3.55. The first-order chi connectivity index (χ1) is 29.1. The Balaban J connectivity index is 1.80. The number of rotatable bonds is 14. The lowest BCUT2D eigenvalue weighted by molar-refractivity contribution is -0.318. The number of nitrogens with one attached hydrogen (secondary N) is 1. The number of cyclic esters (lactones) is 1. The number of nitrogens with zero attached hydrogens (tertiary/aromatic N) is 1. The summed E-state index contributed by atoms with van der Waals surface area (Å²) in [6.45, 7) is 24.5. The van der Waals surface area contributed by atoms with Crippen molar-refractivity contribution in [3.05, 3.63) is 0 Å². The predicted octanol–water partition coefficient (Wildman–Crippen LogP) is 4.59. The fourth-order valence-corrected chi connectivity index (χ4v) is 10.6. The summed E-state index contributed by atoms with van der Waals surface area (Å²) < 4.78 is 57.5. The van der Waals surface area contributed by atoms with Crippen molar-refractivity contribution >= 4 is 23.7 Å². The van der Waals surface area contributed by atoms with E-state index in [-0.39, 0.29) is 49.6 Å². The third kappa shape index (κ3) is 11.4. The Labute approximate surface area is 370 Å². The molecule has 0 aromatic rings. The summed E-state index contributed by atoms with van der Waals surface area (Å²) >= 11 is 0. The van der Waals surface area contributed by atoms with Gasteiger partial charge in [-0.3, -0.25) is 19.2 Å². The molecule has 1 unspecified atom stereocenters. The van der Waals surface area contributed by atoms with Gasteiger partial charge in [0.2, 0.25) is 0 Å². The number of fused-ring (bicyclic) bond motifs is 1. The van der Waals surface area contributed by atoms with Crippen LogP contribution >= 0.6 is 0 Å². The Hall–Kier alpha value is -2.28. The van der Waals surface area contributed by atoms with Gasteiger partial charge in [0.05, 0.1) is 48.8 Å². The van der Waals surface area contributed by atoms with Crippen LogP contribution in [0, 0.1) is 29.6 Å². The minimum atomic E-state index is -1.27. The van der Waals surface area contributed by atoms with Gasteiger partial charge in [-0.15, -0.1) is 0 Å². The summed E-state index contributed by atoms with van der Waals surface area (Å²) in [5.74, 6) is -5.03. The van der Waals surface area contributed by atoms with Crippen LogP contribution in [0.5, 0.6) is 0 Å². The van der Waals surface area contributed by atoms with Crippen LogP contribution < -0.4 is 5.32 Å². The van der Waals surface area contributed by atoms with E-state index < -0.39 is 108 Å². The van der Waals surface area contributed by atoms with Crippen molar-refractivity contribution in [2.75, 3.05) is 40.9 Å². The van der Waals surface area contributed by atoms with Gasteiger partial charge in [-0.25, -0.2) is 0 Å². The molecule has 4 heterocycles. The minimum absolute atomic E-state index is 0.000788. The summed E-state index contributed by atoms with van der Waals surface area (Å²) in [6.07, 6.45) is -6.34. The number of Topliss-reactive ketones (excluding diaryl/α,β-unsaturated/α-hetero) is 1. The van der Waals surface area contributed by atoms with E-state index in [4.69, 9.17) is 42.6 Å². The second-order valence-corrected chi connectivity index (χ2v) is 19.0. The topological polar surface area (TPSA) is 187 Å². The molecule has 4 saturated heterocycles. The third-order valence-electron chi connectivity index (χ3n) is 14.7. The van der Waals surface area contributed by atoms with E-state index in [0.717, 1.165) is 13.1 Å². The Morgan fingerprint density at radius 1 is 0.887 bits per heavy atom. The molecule has 4 fully saturated rings. The van der Waals surface area contributed by atoms with Crippen molar-refractivity contribution in [1.29, 1.82) is 0 Å². The molecule has 0 spiro atoms. The molecule has 0 aliphatic carbocycles. The van der Waals surface area contributed by atoms with Gasteiger partial charge in [-0.1, -0.05) is 41.5 Å². The molecule has 18 atom stereocenters. The molecule has 62 heavy (non-hydrogen) atoms. The van der Waals surface area contributed by atoms with Crippen LogP contribution in [0.1, 0.15) is 122 Å². The molecule has 0 saturated carbocycles. The number of ether oxygens (including phenoxy) is 9. The molecule has 358 valence electrons. The molecule has 0 bridgehead atoms. The van der Waals surface area contributed by atoms with Crippen molar-refractivity contribution in [1.82, 2.24) is 10.2 Å². The molecule has 0 radical (unpaired) electrons. The van der Waals surface area contributed by atoms with Gasteiger partial charge >= 0.3 is 17.9 Å². The maximum Gasteiger partial charge on any atom is 0.311 e. The fourth-order valence-electron chi connectivity index (χ4n) is 10.6. The molecule has 2 N–H and O–H groups in total. The molecule has 0 amide bonds. The van der Waals surface area contributed by atoms with E-state index in [1.54, 1.807) is 49.0 Å². The van der Waals surface area contributed by atoms with Crippen molar-refractivity contribution in [3.63, 3.8) is 0 Å². The number of aliphatic hydroxyl groups is 1. The Morgan fingerprint density at radius 2 is 1.52 bits per heavy atom. The molecular formula is C46H80N2O14. The third-order valence-corrected chi connectivity index (χ3v) is 14.7. The number of carbonyl (C=O) groups is 4. The predicted molar refractivity (Wildman–Crippen MR) is 229 cm³/mol. The molecule has 16 nitrogen and oxygen atoms in total. The van der Waals surface area contributed by atoms with Gasteiger partial charge in [0.15, 0.2) is 18.7 Å². The minimum Gasteiger partial charge on any atom is -0.458 e. The average molecular weight is 885 g/mol. The van der Waals surface area contributed by atoms with Crippen molar-refractivity contribution in [3.8, 4) is 0 Å². The number of aliphatic hydroxyl groups excluding tert-OH is 1. The number of ketones is 1. The lowest BCUT2D eigenvalue weighted by Gasteiger charge is -2.50. The lowest BCUT2D eigenvalue weighted by atomic mass is 9.70. The first-order valence-electron chi connectivity index (χ1n) is 23.0. The zero-order chi connectivity index (χ0) is 46.5. The van der Waals surface area contributed by atoms with E-state index >= 15 is 0 Å². The van der Waals surface area contributed by atoms with Crippen molar-refractivity contribution < 1.29 is 66.9 Å². The number of carbonyl (C=O) groups excluding carboxylic acids is 4. The van der Waals surface area contributed by atoms with Crippen molar-refractivity contribution in [2.45, 2.75) is 200 Å². The standard InChI is InChI=1S/C46H80N2O14/c1-16-33-46(12)31(22-35(50)62-46)27(6)37(51)25(4)23-44(10,54-14)40(61-43-38(52)32(47-13)21-26(5)56-43)28(7)39(29(8)42(53)58-33)60-36-24-45(11,55-15)41(30(9)57-36)59-34(49)19-20-48(17-2)18-3/h25-33,36,38-41,43,47,52H,16-24H2,1-15H3/t25-,26-,27-,28+,29-,30+,31-,32+,33-,36+,38-,39+,40-,41?,43+,44-,45-,46+/m1/s1. The second kappa shape index (κ2) is 21.8.